The first-order chi connectivity index (χ1) is 9.58. The number of nitrogens with zero attached hydrogens (tertiary/aromatic N) is 1. The molecule has 2 heterocycles. The first kappa shape index (κ1) is 20.2. The van der Waals surface area contributed by atoms with Crippen molar-refractivity contribution < 1.29 is 56.8 Å². The van der Waals surface area contributed by atoms with Crippen molar-refractivity contribution in [1.82, 2.24) is 4.90 Å². The molecule has 2 aliphatic heterocycles. The Balaban J connectivity index is 0.00000242. The zero-order valence-electron chi connectivity index (χ0n) is 13.6. The smallest absolute Gasteiger partial charge is 0.748 e. The van der Waals surface area contributed by atoms with E-state index in [4.69, 9.17) is 9.47 Å². The Morgan fingerprint density at radius 3 is 2.41 bits per heavy atom. The fraction of sp³-hybridized carbons (Fsp3) is 0.923. The zero-order chi connectivity index (χ0) is 15.8. The topological polar surface area (TPSA) is 96.0 Å². The van der Waals surface area contributed by atoms with Crippen molar-refractivity contribution >= 4 is 16.2 Å². The summed E-state index contributed by atoms with van der Waals surface area (Å²) in [4.78, 5) is 13.4. The van der Waals surface area contributed by atoms with E-state index in [-0.39, 0.29) is 48.8 Å². The van der Waals surface area contributed by atoms with E-state index in [1.807, 2.05) is 0 Å². The maximum absolute atomic E-state index is 12.1. The van der Waals surface area contributed by atoms with Crippen LogP contribution in [0.25, 0.3) is 0 Å². The van der Waals surface area contributed by atoms with Crippen LogP contribution >= 0.6 is 0 Å². The molecule has 0 aliphatic carbocycles. The molecule has 2 saturated heterocycles. The van der Waals surface area contributed by atoms with Gasteiger partial charge in [0.15, 0.2) is 0 Å². The molecule has 0 radical (unpaired) electrons. The Hall–Kier alpha value is 0.140. The molecular formula is C13H22NNaO6S. The Bertz CT molecular complexity index is 497. The fourth-order valence-corrected chi connectivity index (χ4v) is 3.93. The van der Waals surface area contributed by atoms with Gasteiger partial charge in [-0.15, -0.1) is 0 Å². The average molecular weight is 343 g/mol. The Morgan fingerprint density at radius 1 is 1.32 bits per heavy atom. The maximum Gasteiger partial charge on any atom is 1.00 e. The molecule has 122 valence electrons. The normalized spacial score (nSPS) is 29.3. The quantitative estimate of drug-likeness (QED) is 0.423. The Kier molecular flexibility index (Phi) is 6.75. The van der Waals surface area contributed by atoms with Gasteiger partial charge in [-0.25, -0.2) is 13.2 Å². The molecule has 0 aromatic rings. The molecule has 0 bridgehead atoms. The summed E-state index contributed by atoms with van der Waals surface area (Å²) in [6.07, 6.45) is 0.709. The van der Waals surface area contributed by atoms with Crippen LogP contribution in [0.5, 0.6) is 0 Å². The first-order valence-electron chi connectivity index (χ1n) is 7.12. The van der Waals surface area contributed by atoms with Gasteiger partial charge in [0.1, 0.15) is 5.60 Å². The summed E-state index contributed by atoms with van der Waals surface area (Å²) in [6, 6.07) is 0. The SMILES string of the molecule is CC(C)(C)OC(=O)N1CC(C2CCCO2)C(S(=O)(=O)[O-])C1.[Na+]. The number of ether oxygens (including phenoxy) is 2. The second-order valence-corrected chi connectivity index (χ2v) is 8.22. The van der Waals surface area contributed by atoms with Gasteiger partial charge < -0.3 is 18.9 Å². The van der Waals surface area contributed by atoms with Crippen LogP contribution in [0.2, 0.25) is 0 Å². The summed E-state index contributed by atoms with van der Waals surface area (Å²) in [5.74, 6) is -0.470. The predicted molar refractivity (Wildman–Crippen MR) is 73.8 cm³/mol. The van der Waals surface area contributed by atoms with Gasteiger partial charge in [0.25, 0.3) is 0 Å². The standard InChI is InChI=1S/C13H23NO6S.Na/c1-13(2,3)20-12(15)14-7-9(10-5-4-6-19-10)11(8-14)21(16,17)18;/h9-11H,4-8H2,1-3H3,(H,16,17,18);/q;+1/p-1. The molecule has 0 N–H and O–H groups in total. The molecular weight excluding hydrogens is 321 g/mol. The first-order valence-corrected chi connectivity index (χ1v) is 8.59. The molecule has 1 amide bonds. The van der Waals surface area contributed by atoms with Crippen molar-refractivity contribution in [3.63, 3.8) is 0 Å². The molecule has 3 atom stereocenters. The molecule has 2 aliphatic rings. The minimum Gasteiger partial charge on any atom is -0.748 e. The Labute approximate surface area is 153 Å². The molecule has 22 heavy (non-hydrogen) atoms. The van der Waals surface area contributed by atoms with Crippen LogP contribution in [0.3, 0.4) is 0 Å². The minimum atomic E-state index is -4.48. The van der Waals surface area contributed by atoms with Gasteiger partial charge in [-0.1, -0.05) is 0 Å². The van der Waals surface area contributed by atoms with Crippen molar-refractivity contribution in [2.75, 3.05) is 19.7 Å². The summed E-state index contributed by atoms with van der Waals surface area (Å²) < 4.78 is 45.1. The van der Waals surface area contributed by atoms with Crippen LogP contribution in [0.4, 0.5) is 4.79 Å². The monoisotopic (exact) mass is 343 g/mol. The van der Waals surface area contributed by atoms with Gasteiger partial charge in [-0.3, -0.25) is 0 Å². The maximum atomic E-state index is 12.1. The summed E-state index contributed by atoms with van der Waals surface area (Å²) >= 11 is 0. The summed E-state index contributed by atoms with van der Waals surface area (Å²) in [7, 11) is -4.48. The number of carbonyl (C=O) groups excluding carboxylic acids is 1. The van der Waals surface area contributed by atoms with Crippen LogP contribution in [0, 0.1) is 5.92 Å². The van der Waals surface area contributed by atoms with Crippen LogP contribution in [-0.2, 0) is 19.6 Å². The van der Waals surface area contributed by atoms with Gasteiger partial charge in [0.2, 0.25) is 0 Å². The van der Waals surface area contributed by atoms with Gasteiger partial charge in [-0.2, -0.15) is 0 Å². The van der Waals surface area contributed by atoms with Crippen molar-refractivity contribution in [1.29, 1.82) is 0 Å². The molecule has 0 spiro atoms. The zero-order valence-corrected chi connectivity index (χ0v) is 16.4. The third-order valence-electron chi connectivity index (χ3n) is 3.77. The van der Waals surface area contributed by atoms with E-state index in [1.165, 1.54) is 4.90 Å². The third kappa shape index (κ3) is 5.07. The van der Waals surface area contributed by atoms with Gasteiger partial charge >= 0.3 is 35.7 Å². The number of carbonyl (C=O) groups is 1. The predicted octanol–water partition coefficient (Wildman–Crippen LogP) is -2.05. The van der Waals surface area contributed by atoms with Gasteiger partial charge in [0.05, 0.1) is 21.5 Å². The van der Waals surface area contributed by atoms with Gasteiger partial charge in [0, 0.05) is 25.6 Å². The second kappa shape index (κ2) is 7.36. The minimum absolute atomic E-state index is 0. The largest absolute Gasteiger partial charge is 1.00 e. The van der Waals surface area contributed by atoms with Crippen molar-refractivity contribution in [3.8, 4) is 0 Å². The number of hydrogen-bond donors (Lipinski definition) is 0. The molecule has 7 nitrogen and oxygen atoms in total. The average Bonchev–Trinajstić information content (AvgIpc) is 2.94. The van der Waals surface area contributed by atoms with Crippen LogP contribution in [0.1, 0.15) is 33.6 Å². The number of likely N-dealkylation sites (tertiary alicyclic amines) is 1. The number of rotatable bonds is 2. The van der Waals surface area contributed by atoms with E-state index in [1.54, 1.807) is 20.8 Å². The molecule has 2 fully saturated rings. The molecule has 2 rings (SSSR count). The van der Waals surface area contributed by atoms with Crippen molar-refractivity contribution in [3.05, 3.63) is 0 Å². The van der Waals surface area contributed by atoms with E-state index in [0.29, 0.717) is 6.61 Å². The number of amides is 1. The molecule has 0 aromatic heterocycles. The van der Waals surface area contributed by atoms with Gasteiger partial charge in [-0.05, 0) is 33.6 Å². The summed E-state index contributed by atoms with van der Waals surface area (Å²) in [5, 5.41) is -1.12. The van der Waals surface area contributed by atoms with E-state index >= 15 is 0 Å². The number of hydrogen-bond acceptors (Lipinski definition) is 6. The van der Waals surface area contributed by atoms with Crippen LogP contribution in [0.15, 0.2) is 0 Å². The van der Waals surface area contributed by atoms with Crippen molar-refractivity contribution in [2.45, 2.75) is 50.6 Å². The molecule has 0 saturated carbocycles. The molecule has 9 heteroatoms. The summed E-state index contributed by atoms with van der Waals surface area (Å²) in [6.45, 7) is 5.84. The Morgan fingerprint density at radius 2 is 1.95 bits per heavy atom. The third-order valence-corrected chi connectivity index (χ3v) is 5.01. The summed E-state index contributed by atoms with van der Waals surface area (Å²) in [5.41, 5.74) is -0.662. The van der Waals surface area contributed by atoms with E-state index in [9.17, 15) is 17.8 Å². The van der Waals surface area contributed by atoms with E-state index in [0.717, 1.165) is 12.8 Å². The van der Waals surface area contributed by atoms with Crippen LogP contribution in [-0.4, -0.2) is 60.6 Å². The second-order valence-electron chi connectivity index (χ2n) is 6.63. The van der Waals surface area contributed by atoms with E-state index in [2.05, 4.69) is 0 Å². The fourth-order valence-electron chi connectivity index (χ4n) is 2.88. The molecule has 3 unspecified atom stereocenters. The van der Waals surface area contributed by atoms with Crippen molar-refractivity contribution in [2.24, 2.45) is 5.92 Å². The van der Waals surface area contributed by atoms with E-state index < -0.39 is 33.0 Å². The van der Waals surface area contributed by atoms with Crippen LogP contribution < -0.4 is 29.6 Å². The molecule has 0 aromatic carbocycles.